The first-order valence-corrected chi connectivity index (χ1v) is 10.6. The van der Waals surface area contributed by atoms with Crippen LogP contribution in [-0.2, 0) is 6.54 Å². The number of nitrogens with zero attached hydrogens (tertiary/aromatic N) is 1. The zero-order valence-electron chi connectivity index (χ0n) is 17.0. The third-order valence-corrected chi connectivity index (χ3v) is 5.91. The molecule has 0 saturated carbocycles. The van der Waals surface area contributed by atoms with E-state index in [0.717, 1.165) is 33.3 Å². The van der Waals surface area contributed by atoms with Crippen LogP contribution in [0.3, 0.4) is 0 Å². The second-order valence-corrected chi connectivity index (χ2v) is 8.15. The number of fused-ring (bicyclic) bond motifs is 1. The molecule has 2 aromatic heterocycles. The van der Waals surface area contributed by atoms with Gasteiger partial charge < -0.3 is 19.4 Å². The average Bonchev–Trinajstić information content (AvgIpc) is 3.20. The monoisotopic (exact) mass is 422 g/mol. The number of thiophene rings is 1. The summed E-state index contributed by atoms with van der Waals surface area (Å²) in [6, 6.07) is 19.5. The smallest absolute Gasteiger partial charge is 0.259 e. The van der Waals surface area contributed by atoms with Gasteiger partial charge in [-0.1, -0.05) is 30.3 Å². The number of quaternary nitrogens is 1. The Kier molecular flexibility index (Phi) is 6.11. The van der Waals surface area contributed by atoms with Crippen molar-refractivity contribution in [2.24, 2.45) is 0 Å². The lowest BCUT2D eigenvalue weighted by Gasteiger charge is -2.14. The van der Waals surface area contributed by atoms with Gasteiger partial charge in [0, 0.05) is 4.88 Å². The Bertz CT molecular complexity index is 1170. The predicted molar refractivity (Wildman–Crippen MR) is 120 cm³/mol. The van der Waals surface area contributed by atoms with Gasteiger partial charge in [0.15, 0.2) is 5.82 Å². The van der Waals surface area contributed by atoms with Crippen LogP contribution in [-0.4, -0.2) is 37.3 Å². The van der Waals surface area contributed by atoms with Gasteiger partial charge in [-0.2, -0.15) is 0 Å². The molecule has 0 fully saturated rings. The topological polar surface area (TPSA) is 68.7 Å². The summed E-state index contributed by atoms with van der Waals surface area (Å²) >= 11 is 1.55. The van der Waals surface area contributed by atoms with Crippen LogP contribution in [0.4, 0.5) is 0 Å². The van der Waals surface area contributed by atoms with E-state index in [-0.39, 0.29) is 5.56 Å². The maximum Gasteiger partial charge on any atom is 0.259 e. The Morgan fingerprint density at radius 2 is 1.80 bits per heavy atom. The molecule has 6 nitrogen and oxygen atoms in total. The molecule has 0 amide bonds. The standard InChI is InChI=1S/C23H23N3O3S/c1-26(12-13-29-18-10-8-17(28-2)9-11-18)15-21-24-22(27)19-14-20(30-23(19)25-21)16-6-4-3-5-7-16/h3-11,14H,12-13,15H2,1-2H3,(H,24,25,27)/p+1. The normalized spacial score (nSPS) is 12.1. The van der Waals surface area contributed by atoms with Crippen molar-refractivity contribution in [3.8, 4) is 21.9 Å². The zero-order valence-corrected chi connectivity index (χ0v) is 17.8. The summed E-state index contributed by atoms with van der Waals surface area (Å²) < 4.78 is 10.9. The van der Waals surface area contributed by atoms with Gasteiger partial charge in [-0.05, 0) is 35.9 Å². The van der Waals surface area contributed by atoms with E-state index in [1.54, 1.807) is 18.4 Å². The molecule has 1 unspecified atom stereocenters. The Morgan fingerprint density at radius 3 is 2.53 bits per heavy atom. The first kappa shape index (κ1) is 20.1. The molecule has 0 spiro atoms. The number of nitrogens with one attached hydrogen (secondary N) is 2. The molecule has 2 N–H and O–H groups in total. The first-order valence-electron chi connectivity index (χ1n) is 9.78. The van der Waals surface area contributed by atoms with Crippen molar-refractivity contribution >= 4 is 21.6 Å². The highest BCUT2D eigenvalue weighted by molar-refractivity contribution is 7.21. The quantitative estimate of drug-likeness (QED) is 0.458. The third-order valence-electron chi connectivity index (χ3n) is 4.84. The van der Waals surface area contributed by atoms with Gasteiger partial charge in [0.2, 0.25) is 0 Å². The fraction of sp³-hybridized carbons (Fsp3) is 0.217. The van der Waals surface area contributed by atoms with Gasteiger partial charge in [0.1, 0.15) is 36.0 Å². The van der Waals surface area contributed by atoms with Gasteiger partial charge in [-0.25, -0.2) is 4.98 Å². The molecule has 4 aromatic rings. The van der Waals surface area contributed by atoms with Crippen LogP contribution in [0.2, 0.25) is 0 Å². The number of H-pyrrole nitrogens is 1. The SMILES string of the molecule is COc1ccc(OCC[NH+](C)Cc2nc3sc(-c4ccccc4)cc3c(=O)[nH]2)cc1. The van der Waals surface area contributed by atoms with Gasteiger partial charge >= 0.3 is 0 Å². The van der Waals surface area contributed by atoms with Crippen LogP contribution in [0.25, 0.3) is 20.7 Å². The van der Waals surface area contributed by atoms with E-state index in [2.05, 4.69) is 12.0 Å². The molecule has 7 heteroatoms. The van der Waals surface area contributed by atoms with Crippen LogP contribution in [0.15, 0.2) is 65.5 Å². The summed E-state index contributed by atoms with van der Waals surface area (Å²) in [5.74, 6) is 2.30. The number of hydrogen-bond acceptors (Lipinski definition) is 5. The lowest BCUT2D eigenvalue weighted by atomic mass is 10.2. The Hall–Kier alpha value is -3.16. The Balaban J connectivity index is 1.39. The fourth-order valence-electron chi connectivity index (χ4n) is 3.19. The second-order valence-electron chi connectivity index (χ2n) is 7.12. The zero-order chi connectivity index (χ0) is 20.9. The van der Waals surface area contributed by atoms with Crippen molar-refractivity contribution in [2.75, 3.05) is 27.3 Å². The van der Waals surface area contributed by atoms with E-state index >= 15 is 0 Å². The van der Waals surface area contributed by atoms with Crippen LogP contribution in [0.5, 0.6) is 11.5 Å². The Labute approximate surface area is 178 Å². The summed E-state index contributed by atoms with van der Waals surface area (Å²) in [7, 11) is 3.70. The molecule has 30 heavy (non-hydrogen) atoms. The highest BCUT2D eigenvalue weighted by Gasteiger charge is 2.13. The summed E-state index contributed by atoms with van der Waals surface area (Å²) in [5, 5.41) is 0.642. The van der Waals surface area contributed by atoms with Crippen molar-refractivity contribution in [3.63, 3.8) is 0 Å². The summed E-state index contributed by atoms with van der Waals surface area (Å²) in [6.45, 7) is 1.98. The number of hydrogen-bond donors (Lipinski definition) is 2. The Morgan fingerprint density at radius 1 is 1.07 bits per heavy atom. The molecule has 0 bridgehead atoms. The van der Waals surface area contributed by atoms with Gasteiger partial charge in [0.25, 0.3) is 5.56 Å². The molecule has 0 aliphatic heterocycles. The van der Waals surface area contributed by atoms with Crippen LogP contribution < -0.4 is 19.9 Å². The minimum atomic E-state index is -0.0873. The minimum absolute atomic E-state index is 0.0873. The van der Waals surface area contributed by atoms with Crippen LogP contribution >= 0.6 is 11.3 Å². The lowest BCUT2D eigenvalue weighted by molar-refractivity contribution is -0.894. The molecule has 1 atom stereocenters. The number of rotatable bonds is 8. The van der Waals surface area contributed by atoms with Crippen molar-refractivity contribution in [2.45, 2.75) is 6.54 Å². The molecular weight excluding hydrogens is 398 g/mol. The first-order chi connectivity index (χ1) is 14.6. The molecule has 0 aliphatic carbocycles. The van der Waals surface area contributed by atoms with E-state index in [4.69, 9.17) is 14.5 Å². The molecule has 154 valence electrons. The third kappa shape index (κ3) is 4.69. The number of benzene rings is 2. The molecule has 2 aromatic carbocycles. The van der Waals surface area contributed by atoms with E-state index < -0.39 is 0 Å². The molecule has 0 aliphatic rings. The van der Waals surface area contributed by atoms with Gasteiger partial charge in [-0.3, -0.25) is 4.79 Å². The summed E-state index contributed by atoms with van der Waals surface area (Å²) in [6.07, 6.45) is 0. The number of aromatic amines is 1. The van der Waals surface area contributed by atoms with Gasteiger partial charge in [0.05, 0.1) is 19.5 Å². The molecule has 2 heterocycles. The molecular formula is C23H24N3O3S+. The van der Waals surface area contributed by atoms with E-state index in [1.807, 2.05) is 60.7 Å². The number of likely N-dealkylation sites (N-methyl/N-ethyl adjacent to an activating group) is 1. The van der Waals surface area contributed by atoms with E-state index in [0.29, 0.717) is 24.4 Å². The van der Waals surface area contributed by atoms with E-state index in [9.17, 15) is 4.79 Å². The van der Waals surface area contributed by atoms with Crippen molar-refractivity contribution in [1.29, 1.82) is 0 Å². The molecule has 0 radical (unpaired) electrons. The number of aromatic nitrogens is 2. The van der Waals surface area contributed by atoms with Crippen molar-refractivity contribution in [3.05, 3.63) is 76.8 Å². The predicted octanol–water partition coefficient (Wildman–Crippen LogP) is 2.75. The maximum absolute atomic E-state index is 12.5. The lowest BCUT2D eigenvalue weighted by Crippen LogP contribution is -3.08. The van der Waals surface area contributed by atoms with Crippen LogP contribution in [0.1, 0.15) is 5.82 Å². The largest absolute Gasteiger partial charge is 0.497 e. The van der Waals surface area contributed by atoms with Crippen molar-refractivity contribution < 1.29 is 14.4 Å². The molecule has 4 rings (SSSR count). The van der Waals surface area contributed by atoms with Crippen LogP contribution in [0, 0.1) is 0 Å². The summed E-state index contributed by atoms with van der Waals surface area (Å²) in [4.78, 5) is 23.2. The average molecular weight is 423 g/mol. The van der Waals surface area contributed by atoms with E-state index in [1.165, 1.54) is 4.90 Å². The number of ether oxygens (including phenoxy) is 2. The van der Waals surface area contributed by atoms with Crippen molar-refractivity contribution in [1.82, 2.24) is 9.97 Å². The highest BCUT2D eigenvalue weighted by Crippen LogP contribution is 2.30. The highest BCUT2D eigenvalue weighted by atomic mass is 32.1. The second kappa shape index (κ2) is 9.11. The summed E-state index contributed by atoms with van der Waals surface area (Å²) in [5.41, 5.74) is 1.01. The fourth-order valence-corrected chi connectivity index (χ4v) is 4.25. The number of methoxy groups -OCH3 is 1. The van der Waals surface area contributed by atoms with Gasteiger partial charge in [-0.15, -0.1) is 11.3 Å². The molecule has 0 saturated heterocycles. The minimum Gasteiger partial charge on any atom is -0.497 e. The maximum atomic E-state index is 12.5.